The maximum atomic E-state index is 4.42. The molecule has 0 amide bonds. The molecule has 27 heavy (non-hydrogen) atoms. The third kappa shape index (κ3) is 3.25. The van der Waals surface area contributed by atoms with Gasteiger partial charge in [0.15, 0.2) is 5.82 Å². The summed E-state index contributed by atoms with van der Waals surface area (Å²) in [6.07, 6.45) is 2.75. The van der Waals surface area contributed by atoms with Crippen LogP contribution in [-0.2, 0) is 12.1 Å². The number of aromatic nitrogens is 7. The SMILES string of the molecule is CC(C)(C)CC(C)(C)n1nnnc1C1NCc2cnnn2-c2ccccc21. The van der Waals surface area contributed by atoms with Gasteiger partial charge in [0, 0.05) is 12.1 Å². The molecular weight excluding hydrogens is 340 g/mol. The summed E-state index contributed by atoms with van der Waals surface area (Å²) in [4.78, 5) is 0. The predicted octanol–water partition coefficient (Wildman–Crippen LogP) is 2.62. The van der Waals surface area contributed by atoms with Crippen LogP contribution in [0.25, 0.3) is 5.69 Å². The van der Waals surface area contributed by atoms with Gasteiger partial charge >= 0.3 is 0 Å². The number of tetrazole rings is 1. The lowest BCUT2D eigenvalue weighted by atomic mass is 9.81. The Balaban J connectivity index is 1.80. The van der Waals surface area contributed by atoms with Gasteiger partial charge in [0.1, 0.15) is 0 Å². The van der Waals surface area contributed by atoms with E-state index in [1.807, 2.05) is 21.5 Å². The molecule has 1 aliphatic heterocycles. The quantitative estimate of drug-likeness (QED) is 0.767. The number of rotatable bonds is 3. The summed E-state index contributed by atoms with van der Waals surface area (Å²) in [5.74, 6) is 0.815. The fourth-order valence-electron chi connectivity index (χ4n) is 4.23. The highest BCUT2D eigenvalue weighted by Crippen LogP contribution is 2.35. The van der Waals surface area contributed by atoms with Crippen LogP contribution in [0, 0.1) is 5.41 Å². The lowest BCUT2D eigenvalue weighted by Crippen LogP contribution is -2.36. The van der Waals surface area contributed by atoms with E-state index in [1.165, 1.54) is 0 Å². The summed E-state index contributed by atoms with van der Waals surface area (Å²) in [5, 5.41) is 24.7. The Morgan fingerprint density at radius 2 is 1.89 bits per heavy atom. The Labute approximate surface area is 159 Å². The van der Waals surface area contributed by atoms with Gasteiger partial charge in [-0.3, -0.25) is 5.32 Å². The van der Waals surface area contributed by atoms with Gasteiger partial charge in [-0.25, -0.2) is 9.36 Å². The molecule has 3 heterocycles. The normalized spacial score (nSPS) is 17.3. The second-order valence-electron chi connectivity index (χ2n) is 9.01. The van der Waals surface area contributed by atoms with Crippen molar-refractivity contribution < 1.29 is 0 Å². The van der Waals surface area contributed by atoms with Crippen molar-refractivity contribution in [1.29, 1.82) is 0 Å². The minimum absolute atomic E-state index is 0.128. The topological polar surface area (TPSA) is 86.3 Å². The van der Waals surface area contributed by atoms with E-state index in [4.69, 9.17) is 0 Å². The van der Waals surface area contributed by atoms with Crippen molar-refractivity contribution in [3.63, 3.8) is 0 Å². The molecule has 142 valence electrons. The van der Waals surface area contributed by atoms with Crippen LogP contribution in [0.2, 0.25) is 0 Å². The molecule has 3 aromatic rings. The van der Waals surface area contributed by atoms with Crippen LogP contribution in [0.1, 0.15) is 64.2 Å². The standard InChI is InChI=1S/C19H26N8/c1-18(2,3)12-19(4,5)27-17(22-23-25-27)16-14-8-6-7-9-15(14)26-13(10-20-16)11-21-24-26/h6-9,11,16,20H,10,12H2,1-5H3. The number of nitrogens with zero attached hydrogens (tertiary/aromatic N) is 7. The first-order valence-corrected chi connectivity index (χ1v) is 9.27. The number of nitrogens with one attached hydrogen (secondary N) is 1. The average Bonchev–Trinajstić information content (AvgIpc) is 3.21. The van der Waals surface area contributed by atoms with E-state index in [0.717, 1.165) is 29.2 Å². The minimum Gasteiger partial charge on any atom is -0.298 e. The minimum atomic E-state index is -0.213. The zero-order valence-electron chi connectivity index (χ0n) is 16.5. The lowest BCUT2D eigenvalue weighted by molar-refractivity contribution is 0.188. The van der Waals surface area contributed by atoms with E-state index in [0.29, 0.717) is 6.54 Å². The Morgan fingerprint density at radius 1 is 1.11 bits per heavy atom. The van der Waals surface area contributed by atoms with Gasteiger partial charge in [0.05, 0.1) is 29.2 Å². The van der Waals surface area contributed by atoms with E-state index in [-0.39, 0.29) is 17.0 Å². The molecule has 0 aliphatic carbocycles. The van der Waals surface area contributed by atoms with Crippen LogP contribution in [0.15, 0.2) is 30.5 Å². The zero-order chi connectivity index (χ0) is 19.2. The molecule has 1 aromatic carbocycles. The summed E-state index contributed by atoms with van der Waals surface area (Å²) in [6, 6.07) is 8.07. The first kappa shape index (κ1) is 17.8. The second-order valence-corrected chi connectivity index (χ2v) is 9.01. The van der Waals surface area contributed by atoms with E-state index < -0.39 is 0 Å². The fourth-order valence-corrected chi connectivity index (χ4v) is 4.23. The van der Waals surface area contributed by atoms with Crippen LogP contribution < -0.4 is 5.32 Å². The van der Waals surface area contributed by atoms with Crippen LogP contribution in [0.5, 0.6) is 0 Å². The molecule has 1 N–H and O–H groups in total. The molecule has 8 heteroatoms. The molecule has 4 rings (SSSR count). The van der Waals surface area contributed by atoms with Gasteiger partial charge in [0.25, 0.3) is 0 Å². The number of benzene rings is 1. The Hall–Kier alpha value is -2.61. The molecule has 1 atom stereocenters. The third-order valence-corrected chi connectivity index (χ3v) is 4.87. The van der Waals surface area contributed by atoms with Gasteiger partial charge in [-0.15, -0.1) is 10.2 Å². The number of fused-ring (bicyclic) bond motifs is 3. The monoisotopic (exact) mass is 366 g/mol. The number of hydrogen-bond acceptors (Lipinski definition) is 6. The fraction of sp³-hybridized carbons (Fsp3) is 0.526. The molecular formula is C19H26N8. The predicted molar refractivity (Wildman–Crippen MR) is 101 cm³/mol. The highest BCUT2D eigenvalue weighted by molar-refractivity contribution is 5.46. The van der Waals surface area contributed by atoms with Crippen LogP contribution in [0.4, 0.5) is 0 Å². The Bertz CT molecular complexity index is 947. The summed E-state index contributed by atoms with van der Waals surface area (Å²) < 4.78 is 3.86. The molecule has 0 bridgehead atoms. The largest absolute Gasteiger partial charge is 0.298 e. The highest BCUT2D eigenvalue weighted by Gasteiger charge is 2.35. The number of hydrogen-bond donors (Lipinski definition) is 1. The molecule has 0 fully saturated rings. The van der Waals surface area contributed by atoms with Crippen LogP contribution in [-0.4, -0.2) is 35.2 Å². The van der Waals surface area contributed by atoms with Crippen molar-refractivity contribution in [2.24, 2.45) is 5.41 Å². The first-order valence-electron chi connectivity index (χ1n) is 9.27. The van der Waals surface area contributed by atoms with Gasteiger partial charge in [-0.05, 0) is 42.2 Å². The molecule has 1 aliphatic rings. The van der Waals surface area contributed by atoms with Crippen molar-refractivity contribution in [1.82, 2.24) is 40.5 Å². The smallest absolute Gasteiger partial charge is 0.173 e. The molecule has 8 nitrogen and oxygen atoms in total. The maximum Gasteiger partial charge on any atom is 0.173 e. The highest BCUT2D eigenvalue weighted by atomic mass is 15.6. The maximum absolute atomic E-state index is 4.42. The lowest BCUT2D eigenvalue weighted by Gasteiger charge is -2.34. The molecule has 1 unspecified atom stereocenters. The van der Waals surface area contributed by atoms with Crippen molar-refractivity contribution >= 4 is 0 Å². The summed E-state index contributed by atoms with van der Waals surface area (Å²) in [5.41, 5.74) is 3.05. The van der Waals surface area contributed by atoms with E-state index in [2.05, 4.69) is 77.9 Å². The van der Waals surface area contributed by atoms with Gasteiger partial charge in [0.2, 0.25) is 0 Å². The average molecular weight is 366 g/mol. The number of para-hydroxylation sites is 1. The van der Waals surface area contributed by atoms with Crippen LogP contribution in [0.3, 0.4) is 0 Å². The van der Waals surface area contributed by atoms with E-state index >= 15 is 0 Å². The second kappa shape index (κ2) is 6.23. The van der Waals surface area contributed by atoms with Gasteiger partial charge in [-0.1, -0.05) is 44.2 Å². The van der Waals surface area contributed by atoms with Crippen molar-refractivity contribution in [2.75, 3.05) is 0 Å². The van der Waals surface area contributed by atoms with E-state index in [1.54, 1.807) is 6.20 Å². The Morgan fingerprint density at radius 3 is 2.67 bits per heavy atom. The van der Waals surface area contributed by atoms with Crippen molar-refractivity contribution in [3.8, 4) is 5.69 Å². The summed E-state index contributed by atoms with van der Waals surface area (Å²) in [6.45, 7) is 11.7. The molecule has 0 saturated carbocycles. The van der Waals surface area contributed by atoms with Crippen molar-refractivity contribution in [2.45, 2.75) is 59.2 Å². The van der Waals surface area contributed by atoms with Gasteiger partial charge in [-0.2, -0.15) is 0 Å². The van der Waals surface area contributed by atoms with E-state index in [9.17, 15) is 0 Å². The summed E-state index contributed by atoms with van der Waals surface area (Å²) >= 11 is 0. The summed E-state index contributed by atoms with van der Waals surface area (Å²) in [7, 11) is 0. The van der Waals surface area contributed by atoms with Crippen molar-refractivity contribution in [3.05, 3.63) is 47.5 Å². The molecule has 0 saturated heterocycles. The van der Waals surface area contributed by atoms with Crippen LogP contribution >= 0.6 is 0 Å². The Kier molecular flexibility index (Phi) is 4.10. The molecule has 0 spiro atoms. The van der Waals surface area contributed by atoms with Gasteiger partial charge < -0.3 is 0 Å². The third-order valence-electron chi connectivity index (χ3n) is 4.87. The zero-order valence-corrected chi connectivity index (χ0v) is 16.5. The molecule has 0 radical (unpaired) electrons. The molecule has 2 aromatic heterocycles. The first-order chi connectivity index (χ1) is 12.8.